The second-order valence-electron chi connectivity index (χ2n) is 10.4. The molecule has 0 aliphatic carbocycles. The van der Waals surface area contributed by atoms with Gasteiger partial charge in [0.05, 0.1) is 25.4 Å². The van der Waals surface area contributed by atoms with E-state index in [9.17, 15) is 0 Å². The Balaban J connectivity index is 1.64. The monoisotopic (exact) mass is 558 g/mol. The van der Waals surface area contributed by atoms with Gasteiger partial charge in [0.1, 0.15) is 0 Å². The lowest BCUT2D eigenvalue weighted by Gasteiger charge is -2.33. The molecular weight excluding hydrogens is 526 g/mol. The van der Waals surface area contributed by atoms with Crippen LogP contribution in [0, 0.1) is 0 Å². The lowest BCUT2D eigenvalue weighted by molar-refractivity contribution is 0.0738. The van der Waals surface area contributed by atoms with Crippen LogP contribution in [-0.2, 0) is 22.7 Å². The molecule has 2 aliphatic heterocycles. The molecule has 5 aromatic carbocycles. The summed E-state index contributed by atoms with van der Waals surface area (Å²) in [6.45, 7) is 5.79. The van der Waals surface area contributed by atoms with Crippen LogP contribution in [0.4, 0.5) is 0 Å². The number of benzene rings is 5. The van der Waals surface area contributed by atoms with Crippen molar-refractivity contribution in [1.82, 2.24) is 0 Å². The third-order valence-corrected chi connectivity index (χ3v) is 13.3. The maximum absolute atomic E-state index is 6.45. The Kier molecular flexibility index (Phi) is 7.13. The molecular formula is C36H32O2P2. The highest BCUT2D eigenvalue weighted by atomic mass is 31.1. The molecule has 40 heavy (non-hydrogen) atoms. The topological polar surface area (TPSA) is 18.5 Å². The molecule has 4 heteroatoms. The van der Waals surface area contributed by atoms with Crippen molar-refractivity contribution in [3.8, 4) is 0 Å². The third kappa shape index (κ3) is 4.45. The fourth-order valence-corrected chi connectivity index (χ4v) is 12.1. The number of hydrogen-bond donors (Lipinski definition) is 0. The van der Waals surface area contributed by atoms with Crippen LogP contribution in [0.15, 0.2) is 121 Å². The highest BCUT2D eigenvalue weighted by Gasteiger charge is 2.41. The van der Waals surface area contributed by atoms with Gasteiger partial charge in [0.2, 0.25) is 0 Å². The summed E-state index contributed by atoms with van der Waals surface area (Å²) in [5.41, 5.74) is 5.51. The standard InChI is InChI=1S/C36H32O2P2/c1-25-33-31(23-37-25)32-24-38-26(2)34(32)36(40(29-19-11-5-12-20-29)30-21-13-6-14-22-30)35(33)39(27-15-7-3-8-16-27)28-17-9-4-10-18-28/h3-22,25-26H,23-24H2,1-2H3/t25-,26-/m1/s1. The molecule has 0 aromatic heterocycles. The first kappa shape index (κ1) is 25.8. The molecule has 0 spiro atoms. The molecule has 0 N–H and O–H groups in total. The summed E-state index contributed by atoms with van der Waals surface area (Å²) < 4.78 is 12.9. The van der Waals surface area contributed by atoms with Crippen LogP contribution < -0.4 is 31.8 Å². The summed E-state index contributed by atoms with van der Waals surface area (Å²) in [6.07, 6.45) is 0.0663. The summed E-state index contributed by atoms with van der Waals surface area (Å²) in [5.74, 6) is 0. The average molecular weight is 559 g/mol. The number of fused-ring (bicyclic) bond motifs is 3. The number of ether oxygens (including phenoxy) is 2. The van der Waals surface area contributed by atoms with E-state index in [4.69, 9.17) is 9.47 Å². The van der Waals surface area contributed by atoms with Gasteiger partial charge < -0.3 is 9.47 Å². The summed E-state index contributed by atoms with van der Waals surface area (Å²) in [6, 6.07) is 44.5. The van der Waals surface area contributed by atoms with E-state index < -0.39 is 15.8 Å². The van der Waals surface area contributed by atoms with E-state index in [1.807, 2.05) is 0 Å². The fourth-order valence-electron chi connectivity index (χ4n) is 6.23. The molecule has 0 bridgehead atoms. The van der Waals surface area contributed by atoms with Gasteiger partial charge >= 0.3 is 0 Å². The van der Waals surface area contributed by atoms with E-state index in [1.165, 1.54) is 54.1 Å². The van der Waals surface area contributed by atoms with Crippen LogP contribution in [0.3, 0.4) is 0 Å². The largest absolute Gasteiger partial charge is 0.369 e. The molecule has 0 radical (unpaired) electrons. The molecule has 0 saturated heterocycles. The van der Waals surface area contributed by atoms with E-state index in [0.717, 1.165) is 0 Å². The van der Waals surface area contributed by atoms with Crippen molar-refractivity contribution < 1.29 is 9.47 Å². The maximum Gasteiger partial charge on any atom is 0.0811 e. The van der Waals surface area contributed by atoms with Crippen LogP contribution in [0.1, 0.15) is 48.3 Å². The molecule has 0 fully saturated rings. The zero-order chi connectivity index (χ0) is 27.1. The highest BCUT2D eigenvalue weighted by molar-refractivity contribution is 7.85. The van der Waals surface area contributed by atoms with Crippen LogP contribution in [0.2, 0.25) is 0 Å². The van der Waals surface area contributed by atoms with Gasteiger partial charge in [0.15, 0.2) is 0 Å². The lowest BCUT2D eigenvalue weighted by atomic mass is 9.95. The van der Waals surface area contributed by atoms with E-state index >= 15 is 0 Å². The molecule has 0 unspecified atom stereocenters. The van der Waals surface area contributed by atoms with Gasteiger partial charge in [-0.25, -0.2) is 0 Å². The van der Waals surface area contributed by atoms with Crippen molar-refractivity contribution in [2.24, 2.45) is 0 Å². The summed E-state index contributed by atoms with van der Waals surface area (Å²) >= 11 is 0. The minimum atomic E-state index is -0.854. The minimum Gasteiger partial charge on any atom is -0.369 e. The quantitative estimate of drug-likeness (QED) is 0.225. The molecule has 0 saturated carbocycles. The smallest absolute Gasteiger partial charge is 0.0811 e. The number of hydrogen-bond acceptors (Lipinski definition) is 2. The van der Waals surface area contributed by atoms with Crippen LogP contribution in [-0.4, -0.2) is 0 Å². The number of rotatable bonds is 6. The Bertz CT molecular complexity index is 1420. The molecule has 198 valence electrons. The first-order chi connectivity index (χ1) is 19.7. The molecule has 2 heterocycles. The van der Waals surface area contributed by atoms with Gasteiger partial charge in [-0.3, -0.25) is 0 Å². The normalized spacial score (nSPS) is 17.8. The first-order valence-corrected chi connectivity index (χ1v) is 16.7. The summed E-state index contributed by atoms with van der Waals surface area (Å²) in [7, 11) is -1.71. The second-order valence-corrected chi connectivity index (χ2v) is 14.7. The van der Waals surface area contributed by atoms with E-state index in [2.05, 4.69) is 135 Å². The van der Waals surface area contributed by atoms with Gasteiger partial charge in [-0.1, -0.05) is 121 Å². The summed E-state index contributed by atoms with van der Waals surface area (Å²) in [4.78, 5) is 0. The Morgan fingerprint density at radius 2 is 0.725 bits per heavy atom. The molecule has 2 aliphatic rings. The molecule has 0 amide bonds. The van der Waals surface area contributed by atoms with Crippen molar-refractivity contribution in [2.45, 2.75) is 39.3 Å². The van der Waals surface area contributed by atoms with Gasteiger partial charge in [-0.2, -0.15) is 0 Å². The van der Waals surface area contributed by atoms with E-state index in [-0.39, 0.29) is 12.2 Å². The lowest BCUT2D eigenvalue weighted by Crippen LogP contribution is -2.40. The van der Waals surface area contributed by atoms with Crippen LogP contribution >= 0.6 is 15.8 Å². The van der Waals surface area contributed by atoms with Gasteiger partial charge in [0.25, 0.3) is 0 Å². The third-order valence-electron chi connectivity index (χ3n) is 8.02. The van der Waals surface area contributed by atoms with Gasteiger partial charge in [-0.05, 0) is 83.8 Å². The zero-order valence-corrected chi connectivity index (χ0v) is 24.6. The zero-order valence-electron chi connectivity index (χ0n) is 22.8. The Labute approximate surface area is 239 Å². The van der Waals surface area contributed by atoms with Crippen molar-refractivity contribution in [1.29, 1.82) is 0 Å². The Morgan fingerprint density at radius 1 is 0.450 bits per heavy atom. The van der Waals surface area contributed by atoms with Crippen LogP contribution in [0.5, 0.6) is 0 Å². The second kappa shape index (κ2) is 11.0. The summed E-state index contributed by atoms with van der Waals surface area (Å²) in [5, 5.41) is 8.43. The van der Waals surface area contributed by atoms with E-state index in [1.54, 1.807) is 0 Å². The highest BCUT2D eigenvalue weighted by Crippen LogP contribution is 2.49. The van der Waals surface area contributed by atoms with Gasteiger partial charge in [0, 0.05) is 0 Å². The Hall–Kier alpha value is -3.12. The fraction of sp³-hybridized carbons (Fsp3) is 0.167. The van der Waals surface area contributed by atoms with Crippen molar-refractivity contribution in [3.05, 3.63) is 144 Å². The molecule has 2 atom stereocenters. The molecule has 7 rings (SSSR count). The molecule has 5 aromatic rings. The van der Waals surface area contributed by atoms with Gasteiger partial charge in [-0.15, -0.1) is 0 Å². The SMILES string of the molecule is C[C@H]1OCc2c3c(c(P(c4ccccc4)c4ccccc4)c(P(c4ccccc4)c4ccccc4)c21)[C@@H](C)OC3. The van der Waals surface area contributed by atoms with E-state index in [0.29, 0.717) is 13.2 Å². The van der Waals surface area contributed by atoms with Crippen molar-refractivity contribution in [3.63, 3.8) is 0 Å². The van der Waals surface area contributed by atoms with Crippen molar-refractivity contribution >= 4 is 47.7 Å². The molecule has 2 nitrogen and oxygen atoms in total. The van der Waals surface area contributed by atoms with Crippen LogP contribution in [0.25, 0.3) is 0 Å². The first-order valence-electron chi connectivity index (χ1n) is 14.0. The maximum atomic E-state index is 6.45. The predicted octanol–water partition coefficient (Wildman–Crippen LogP) is 6.39. The average Bonchev–Trinajstić information content (AvgIpc) is 3.59. The van der Waals surface area contributed by atoms with Crippen molar-refractivity contribution in [2.75, 3.05) is 0 Å². The minimum absolute atomic E-state index is 0.0331. The predicted molar refractivity (Wildman–Crippen MR) is 170 cm³/mol. The Morgan fingerprint density at radius 3 is 1.00 bits per heavy atom.